The molecule has 1 amide bonds. The number of carbonyl (C=O) groups is 1. The predicted molar refractivity (Wildman–Crippen MR) is 82.2 cm³/mol. The highest BCUT2D eigenvalue weighted by Gasteiger charge is 2.22. The molecular weight excluding hydrogens is 266 g/mol. The minimum atomic E-state index is 0.209. The van der Waals surface area contributed by atoms with E-state index < -0.39 is 0 Å². The van der Waals surface area contributed by atoms with Crippen LogP contribution >= 0.6 is 0 Å². The molecule has 1 saturated heterocycles. The highest BCUT2D eigenvalue weighted by molar-refractivity contribution is 5.76. The first-order valence-electron chi connectivity index (χ1n) is 7.71. The number of nitrogens with zero attached hydrogens (tertiary/aromatic N) is 3. The number of likely N-dealkylation sites (tertiary alicyclic amines) is 1. The summed E-state index contributed by atoms with van der Waals surface area (Å²) in [5, 5.41) is 0. The third-order valence-corrected chi connectivity index (χ3v) is 4.00. The van der Waals surface area contributed by atoms with E-state index in [0.717, 1.165) is 25.1 Å². The fraction of sp³-hybridized carbons (Fsp3) is 0.667. The molecule has 2 rings (SSSR count). The molecule has 0 spiro atoms. The number of nitrogen functional groups attached to an aromatic ring is 1. The summed E-state index contributed by atoms with van der Waals surface area (Å²) in [7, 11) is 0. The van der Waals surface area contributed by atoms with Crippen molar-refractivity contribution >= 4 is 11.7 Å². The molecule has 0 radical (unpaired) electrons. The van der Waals surface area contributed by atoms with Gasteiger partial charge in [0.2, 0.25) is 5.91 Å². The molecule has 1 unspecified atom stereocenters. The van der Waals surface area contributed by atoms with E-state index in [1.54, 1.807) is 6.07 Å². The number of carbonyl (C=O) groups excluding carboxylic acids is 1. The topological polar surface area (TPSA) is 84.1 Å². The van der Waals surface area contributed by atoms with Gasteiger partial charge in [0.1, 0.15) is 11.6 Å². The number of aromatic nitrogens is 2. The zero-order valence-electron chi connectivity index (χ0n) is 12.9. The van der Waals surface area contributed by atoms with Crippen LogP contribution in [-0.4, -0.2) is 27.3 Å². The van der Waals surface area contributed by atoms with Crippen molar-refractivity contribution in [2.45, 2.75) is 52.5 Å². The largest absolute Gasteiger partial charge is 0.335 e. The number of nitrogens with two attached hydrogens (primary N) is 1. The molecule has 0 aliphatic carbocycles. The van der Waals surface area contributed by atoms with Crippen molar-refractivity contribution in [3.63, 3.8) is 0 Å². The molecule has 1 aromatic heterocycles. The van der Waals surface area contributed by atoms with E-state index in [-0.39, 0.29) is 5.91 Å². The lowest BCUT2D eigenvalue weighted by Gasteiger charge is -2.20. The van der Waals surface area contributed by atoms with E-state index in [1.165, 1.54) is 12.8 Å². The molecule has 1 aromatic rings. The van der Waals surface area contributed by atoms with Crippen LogP contribution in [0.2, 0.25) is 0 Å². The van der Waals surface area contributed by atoms with Crippen LogP contribution < -0.4 is 11.3 Å². The molecule has 0 aromatic carbocycles. The number of nitrogens with one attached hydrogen (secondary N) is 1. The van der Waals surface area contributed by atoms with Gasteiger partial charge >= 0.3 is 0 Å². The zero-order valence-corrected chi connectivity index (χ0v) is 12.9. The molecule has 3 N–H and O–H groups in total. The first-order chi connectivity index (χ1) is 10.1. The number of hydrazine groups is 1. The Morgan fingerprint density at radius 1 is 1.43 bits per heavy atom. The Labute approximate surface area is 126 Å². The summed E-state index contributed by atoms with van der Waals surface area (Å²) >= 11 is 0. The average molecular weight is 291 g/mol. The van der Waals surface area contributed by atoms with E-state index in [2.05, 4.69) is 22.3 Å². The fourth-order valence-electron chi connectivity index (χ4n) is 2.90. The summed E-state index contributed by atoms with van der Waals surface area (Å²) in [4.78, 5) is 22.8. The second-order valence-electron chi connectivity index (χ2n) is 5.75. The molecular formula is C15H25N5O. The average Bonchev–Trinajstić information content (AvgIpc) is 2.63. The van der Waals surface area contributed by atoms with Crippen LogP contribution in [0.15, 0.2) is 6.07 Å². The molecule has 116 valence electrons. The first kappa shape index (κ1) is 15.7. The molecule has 1 fully saturated rings. The molecule has 6 heteroatoms. The third-order valence-electron chi connectivity index (χ3n) is 4.00. The third kappa shape index (κ3) is 4.39. The van der Waals surface area contributed by atoms with Crippen molar-refractivity contribution in [1.82, 2.24) is 14.9 Å². The normalized spacial score (nSPS) is 19.5. The van der Waals surface area contributed by atoms with Crippen LogP contribution in [-0.2, 0) is 11.3 Å². The standard InChI is InChI=1S/C15H25N5O/c1-3-4-12-5-6-15(21)20(8-7-12)10-14-17-11(2)9-13(18-14)19-16/h9,12H,3-8,10,16H2,1-2H3,(H,17,18,19). The predicted octanol–water partition coefficient (Wildman–Crippen LogP) is 2.00. The minimum Gasteiger partial charge on any atom is -0.335 e. The number of rotatable bonds is 5. The lowest BCUT2D eigenvalue weighted by atomic mass is 9.96. The summed E-state index contributed by atoms with van der Waals surface area (Å²) in [5.74, 6) is 7.51. The maximum Gasteiger partial charge on any atom is 0.222 e. The molecule has 1 aliphatic heterocycles. The SMILES string of the molecule is CCCC1CCC(=O)N(Cc2nc(C)cc(NN)n2)CC1. The Morgan fingerprint density at radius 2 is 2.24 bits per heavy atom. The van der Waals surface area contributed by atoms with Crippen LogP contribution in [0.3, 0.4) is 0 Å². The number of anilines is 1. The van der Waals surface area contributed by atoms with Crippen molar-refractivity contribution in [3.8, 4) is 0 Å². The molecule has 2 heterocycles. The number of hydrogen-bond acceptors (Lipinski definition) is 5. The van der Waals surface area contributed by atoms with E-state index in [0.29, 0.717) is 30.5 Å². The summed E-state index contributed by atoms with van der Waals surface area (Å²) in [6.07, 6.45) is 5.12. The van der Waals surface area contributed by atoms with Crippen LogP contribution in [0.1, 0.15) is 50.5 Å². The van der Waals surface area contributed by atoms with Crippen LogP contribution in [0.5, 0.6) is 0 Å². The van der Waals surface area contributed by atoms with E-state index in [9.17, 15) is 4.79 Å². The Bertz CT molecular complexity index is 491. The lowest BCUT2D eigenvalue weighted by Crippen LogP contribution is -2.31. The zero-order chi connectivity index (χ0) is 15.2. The molecule has 1 aliphatic rings. The van der Waals surface area contributed by atoms with Crippen LogP contribution in [0.4, 0.5) is 5.82 Å². The van der Waals surface area contributed by atoms with Crippen molar-refractivity contribution < 1.29 is 4.79 Å². The minimum absolute atomic E-state index is 0.209. The Morgan fingerprint density at radius 3 is 2.95 bits per heavy atom. The van der Waals surface area contributed by atoms with Gasteiger partial charge in [-0.2, -0.15) is 0 Å². The van der Waals surface area contributed by atoms with Crippen molar-refractivity contribution in [2.75, 3.05) is 12.0 Å². The van der Waals surface area contributed by atoms with Gasteiger partial charge in [-0.15, -0.1) is 0 Å². The highest BCUT2D eigenvalue weighted by Crippen LogP contribution is 2.23. The highest BCUT2D eigenvalue weighted by atomic mass is 16.2. The van der Waals surface area contributed by atoms with Gasteiger partial charge in [-0.1, -0.05) is 19.8 Å². The summed E-state index contributed by atoms with van der Waals surface area (Å²) < 4.78 is 0. The Balaban J connectivity index is 2.04. The van der Waals surface area contributed by atoms with E-state index >= 15 is 0 Å². The molecule has 1 atom stereocenters. The quantitative estimate of drug-likeness (QED) is 0.640. The van der Waals surface area contributed by atoms with Gasteiger partial charge in [0.15, 0.2) is 0 Å². The number of hydrogen-bond donors (Lipinski definition) is 2. The first-order valence-corrected chi connectivity index (χ1v) is 7.71. The van der Waals surface area contributed by atoms with Crippen molar-refractivity contribution in [1.29, 1.82) is 0 Å². The van der Waals surface area contributed by atoms with Gasteiger partial charge < -0.3 is 10.3 Å². The van der Waals surface area contributed by atoms with Gasteiger partial charge in [0.05, 0.1) is 6.54 Å². The maximum absolute atomic E-state index is 12.2. The van der Waals surface area contributed by atoms with Gasteiger partial charge in [0.25, 0.3) is 0 Å². The van der Waals surface area contributed by atoms with Crippen LogP contribution in [0, 0.1) is 12.8 Å². The van der Waals surface area contributed by atoms with Gasteiger partial charge in [0, 0.05) is 24.7 Å². The molecule has 0 bridgehead atoms. The van der Waals surface area contributed by atoms with Gasteiger partial charge in [-0.05, 0) is 25.7 Å². The lowest BCUT2D eigenvalue weighted by molar-refractivity contribution is -0.131. The monoisotopic (exact) mass is 291 g/mol. The fourth-order valence-corrected chi connectivity index (χ4v) is 2.90. The second kappa shape index (κ2) is 7.36. The Hall–Kier alpha value is -1.69. The molecule has 0 saturated carbocycles. The van der Waals surface area contributed by atoms with Gasteiger partial charge in [-0.3, -0.25) is 4.79 Å². The van der Waals surface area contributed by atoms with Crippen molar-refractivity contribution in [2.24, 2.45) is 11.8 Å². The summed E-state index contributed by atoms with van der Waals surface area (Å²) in [6, 6.07) is 1.78. The van der Waals surface area contributed by atoms with Crippen molar-refractivity contribution in [3.05, 3.63) is 17.6 Å². The number of aryl methyl sites for hydroxylation is 1. The van der Waals surface area contributed by atoms with E-state index in [1.807, 2.05) is 11.8 Å². The smallest absolute Gasteiger partial charge is 0.222 e. The summed E-state index contributed by atoms with van der Waals surface area (Å²) in [6.45, 7) is 5.36. The second-order valence-corrected chi connectivity index (χ2v) is 5.75. The number of amides is 1. The summed E-state index contributed by atoms with van der Waals surface area (Å²) in [5.41, 5.74) is 3.38. The molecule has 21 heavy (non-hydrogen) atoms. The Kier molecular flexibility index (Phi) is 5.50. The van der Waals surface area contributed by atoms with E-state index in [4.69, 9.17) is 5.84 Å². The molecule has 6 nitrogen and oxygen atoms in total. The van der Waals surface area contributed by atoms with Gasteiger partial charge in [-0.25, -0.2) is 15.8 Å². The van der Waals surface area contributed by atoms with Crippen LogP contribution in [0.25, 0.3) is 0 Å². The maximum atomic E-state index is 12.2.